The van der Waals surface area contributed by atoms with E-state index < -0.39 is 5.97 Å². The third-order valence-electron chi connectivity index (χ3n) is 2.56. The Morgan fingerprint density at radius 3 is 2.47 bits per heavy atom. The first kappa shape index (κ1) is 13.5. The minimum atomic E-state index is -0.968. The first-order chi connectivity index (χ1) is 9.17. The van der Waals surface area contributed by atoms with Crippen molar-refractivity contribution in [3.8, 4) is 5.69 Å². The van der Waals surface area contributed by atoms with Gasteiger partial charge in [0.1, 0.15) is 6.61 Å². The van der Waals surface area contributed by atoms with Gasteiger partial charge in [-0.05, 0) is 24.3 Å². The number of methoxy groups -OCH3 is 1. The van der Waals surface area contributed by atoms with Crippen molar-refractivity contribution in [2.75, 3.05) is 7.11 Å². The molecular weight excluding hydrogens is 270 g/mol. The molecule has 0 saturated heterocycles. The van der Waals surface area contributed by atoms with Gasteiger partial charge in [0.15, 0.2) is 11.6 Å². The lowest BCUT2D eigenvalue weighted by Gasteiger charge is -2.09. The minimum absolute atomic E-state index is 0.206. The molecule has 1 aromatic heterocycles. The van der Waals surface area contributed by atoms with Crippen LogP contribution in [0, 0.1) is 0 Å². The molecule has 2 aromatic rings. The highest BCUT2D eigenvalue weighted by Crippen LogP contribution is 2.16. The average molecular weight is 282 g/mol. The molecule has 0 radical (unpaired) electrons. The third-order valence-corrected chi connectivity index (χ3v) is 2.80. The average Bonchev–Trinajstić information content (AvgIpc) is 2.82. The summed E-state index contributed by atoms with van der Waals surface area (Å²) in [5, 5.41) is 16.8. The van der Waals surface area contributed by atoms with E-state index in [1.807, 2.05) is 0 Å². The van der Waals surface area contributed by atoms with E-state index in [1.54, 1.807) is 23.8 Å². The summed E-state index contributed by atoms with van der Waals surface area (Å²) in [6.07, 6.45) is 0. The molecule has 0 aliphatic rings. The Labute approximate surface area is 114 Å². The summed E-state index contributed by atoms with van der Waals surface area (Å²) in [5.74, 6) is 0.431. The number of halogens is 1. The molecule has 1 N–H and O–H groups in total. The monoisotopic (exact) mass is 281 g/mol. The number of hydrogen-bond donors (Lipinski definition) is 1. The Morgan fingerprint density at radius 1 is 1.32 bits per heavy atom. The van der Waals surface area contributed by atoms with E-state index in [9.17, 15) is 4.79 Å². The lowest BCUT2D eigenvalue weighted by molar-refractivity contribution is 0.0697. The van der Waals surface area contributed by atoms with E-state index >= 15 is 0 Å². The highest BCUT2D eigenvalue weighted by molar-refractivity contribution is 6.16. The number of carboxylic acid groups (broad SMARTS) is 1. The normalized spacial score (nSPS) is 10.6. The molecule has 0 atom stereocenters. The second-order valence-corrected chi connectivity index (χ2v) is 4.05. The molecule has 0 spiro atoms. The molecular formula is C12H12ClN3O3. The smallest absolute Gasteiger partial charge is 0.335 e. The van der Waals surface area contributed by atoms with E-state index in [-0.39, 0.29) is 11.4 Å². The summed E-state index contributed by atoms with van der Waals surface area (Å²) in [5.41, 5.74) is 0.968. The summed E-state index contributed by atoms with van der Waals surface area (Å²) in [6, 6.07) is 6.41. The number of aromatic nitrogens is 3. The van der Waals surface area contributed by atoms with Gasteiger partial charge in [-0.2, -0.15) is 0 Å². The number of aromatic carboxylic acids is 1. The van der Waals surface area contributed by atoms with Gasteiger partial charge in [0.2, 0.25) is 0 Å². The Kier molecular flexibility index (Phi) is 4.13. The van der Waals surface area contributed by atoms with Gasteiger partial charge in [-0.1, -0.05) is 0 Å². The number of ether oxygens (including phenoxy) is 1. The Bertz CT molecular complexity index is 580. The van der Waals surface area contributed by atoms with Gasteiger partial charge in [0.05, 0.1) is 11.4 Å². The Morgan fingerprint density at radius 2 is 1.95 bits per heavy atom. The van der Waals surface area contributed by atoms with Crippen molar-refractivity contribution >= 4 is 17.6 Å². The molecule has 6 nitrogen and oxygen atoms in total. The fourth-order valence-corrected chi connectivity index (χ4v) is 1.89. The quantitative estimate of drug-likeness (QED) is 0.846. The largest absolute Gasteiger partial charge is 0.478 e. The maximum Gasteiger partial charge on any atom is 0.335 e. The van der Waals surface area contributed by atoms with Crippen LogP contribution in [0.5, 0.6) is 0 Å². The molecule has 1 aromatic carbocycles. The molecule has 7 heteroatoms. The molecule has 0 saturated carbocycles. The van der Waals surface area contributed by atoms with Crippen LogP contribution in [-0.2, 0) is 17.2 Å². The van der Waals surface area contributed by atoms with Gasteiger partial charge in [0.25, 0.3) is 0 Å². The van der Waals surface area contributed by atoms with Crippen LogP contribution in [0.15, 0.2) is 24.3 Å². The van der Waals surface area contributed by atoms with Crippen molar-refractivity contribution in [3.63, 3.8) is 0 Å². The number of carbonyl (C=O) groups is 1. The van der Waals surface area contributed by atoms with E-state index in [4.69, 9.17) is 21.4 Å². The van der Waals surface area contributed by atoms with Gasteiger partial charge < -0.3 is 9.84 Å². The van der Waals surface area contributed by atoms with Crippen molar-refractivity contribution in [2.45, 2.75) is 12.5 Å². The van der Waals surface area contributed by atoms with Gasteiger partial charge in [-0.3, -0.25) is 4.57 Å². The molecule has 0 bridgehead atoms. The first-order valence-corrected chi connectivity index (χ1v) is 6.02. The predicted molar refractivity (Wildman–Crippen MR) is 68.6 cm³/mol. The Balaban J connectivity index is 2.44. The summed E-state index contributed by atoms with van der Waals surface area (Å²) in [4.78, 5) is 10.8. The molecule has 2 rings (SSSR count). The zero-order valence-corrected chi connectivity index (χ0v) is 11.0. The highest BCUT2D eigenvalue weighted by atomic mass is 35.5. The zero-order valence-electron chi connectivity index (χ0n) is 10.2. The second-order valence-electron chi connectivity index (χ2n) is 3.79. The number of alkyl halides is 1. The fourth-order valence-electron chi connectivity index (χ4n) is 1.71. The molecule has 19 heavy (non-hydrogen) atoms. The van der Waals surface area contributed by atoms with Gasteiger partial charge in [-0.25, -0.2) is 4.79 Å². The number of hydrogen-bond acceptors (Lipinski definition) is 4. The molecule has 0 aliphatic heterocycles. The molecule has 0 amide bonds. The van der Waals surface area contributed by atoms with E-state index in [1.165, 1.54) is 12.1 Å². The number of carboxylic acids is 1. The van der Waals surface area contributed by atoms with E-state index in [0.717, 1.165) is 5.69 Å². The maximum atomic E-state index is 10.8. The number of nitrogens with zero attached hydrogens (tertiary/aromatic N) is 3. The lowest BCUT2D eigenvalue weighted by atomic mass is 10.2. The van der Waals surface area contributed by atoms with Gasteiger partial charge >= 0.3 is 5.97 Å². The predicted octanol–water partition coefficient (Wildman–Crippen LogP) is 1.85. The van der Waals surface area contributed by atoms with Crippen LogP contribution in [0.25, 0.3) is 5.69 Å². The molecule has 0 fully saturated rings. The molecule has 0 aliphatic carbocycles. The van der Waals surface area contributed by atoms with Crippen molar-refractivity contribution in [1.82, 2.24) is 14.8 Å². The minimum Gasteiger partial charge on any atom is -0.478 e. The third kappa shape index (κ3) is 2.74. The van der Waals surface area contributed by atoms with Crippen LogP contribution in [0.3, 0.4) is 0 Å². The van der Waals surface area contributed by atoms with Crippen molar-refractivity contribution in [1.29, 1.82) is 0 Å². The summed E-state index contributed by atoms with van der Waals surface area (Å²) in [6.45, 7) is 0.296. The van der Waals surface area contributed by atoms with Crippen LogP contribution < -0.4 is 0 Å². The summed E-state index contributed by atoms with van der Waals surface area (Å²) in [7, 11) is 1.56. The van der Waals surface area contributed by atoms with Crippen LogP contribution in [0.2, 0.25) is 0 Å². The summed E-state index contributed by atoms with van der Waals surface area (Å²) >= 11 is 5.82. The van der Waals surface area contributed by atoms with Gasteiger partial charge in [-0.15, -0.1) is 21.8 Å². The fraction of sp³-hybridized carbons (Fsp3) is 0.250. The number of rotatable bonds is 5. The first-order valence-electron chi connectivity index (χ1n) is 5.49. The molecule has 0 unspecified atom stereocenters. The number of benzene rings is 1. The van der Waals surface area contributed by atoms with Crippen LogP contribution in [-0.4, -0.2) is 33.0 Å². The van der Waals surface area contributed by atoms with Crippen molar-refractivity contribution in [2.24, 2.45) is 0 Å². The second kappa shape index (κ2) is 5.81. The lowest BCUT2D eigenvalue weighted by Crippen LogP contribution is -2.06. The van der Waals surface area contributed by atoms with Crippen LogP contribution >= 0.6 is 11.6 Å². The zero-order chi connectivity index (χ0) is 13.8. The molecule has 1 heterocycles. The van der Waals surface area contributed by atoms with Crippen LogP contribution in [0.4, 0.5) is 0 Å². The summed E-state index contributed by atoms with van der Waals surface area (Å²) < 4.78 is 6.80. The Hall–Kier alpha value is -1.92. The van der Waals surface area contributed by atoms with Crippen molar-refractivity contribution in [3.05, 3.63) is 41.5 Å². The van der Waals surface area contributed by atoms with Crippen molar-refractivity contribution < 1.29 is 14.6 Å². The SMILES string of the molecule is COCc1nnc(CCl)n1-c1ccc(C(=O)O)cc1. The highest BCUT2D eigenvalue weighted by Gasteiger charge is 2.13. The van der Waals surface area contributed by atoms with Crippen LogP contribution in [0.1, 0.15) is 22.0 Å². The van der Waals surface area contributed by atoms with E-state index in [0.29, 0.717) is 18.3 Å². The maximum absolute atomic E-state index is 10.8. The van der Waals surface area contributed by atoms with E-state index in [2.05, 4.69) is 10.2 Å². The van der Waals surface area contributed by atoms with Gasteiger partial charge in [0, 0.05) is 12.8 Å². The topological polar surface area (TPSA) is 77.2 Å². The standard InChI is InChI=1S/C12H12ClN3O3/c1-19-7-11-15-14-10(6-13)16(11)9-4-2-8(3-5-9)12(17)18/h2-5H,6-7H2,1H3,(H,17,18). The molecule has 100 valence electrons.